The molecular formula is C31H34N6O3. The second-order valence-electron chi connectivity index (χ2n) is 10.9. The zero-order valence-corrected chi connectivity index (χ0v) is 22.9. The van der Waals surface area contributed by atoms with Crippen LogP contribution in [0.3, 0.4) is 0 Å². The maximum atomic E-state index is 12.9. The van der Waals surface area contributed by atoms with Gasteiger partial charge in [0.25, 0.3) is 11.8 Å². The summed E-state index contributed by atoms with van der Waals surface area (Å²) < 4.78 is 7.42. The first kappa shape index (κ1) is 26.0. The number of hydrogen-bond acceptors (Lipinski definition) is 6. The van der Waals surface area contributed by atoms with Crippen molar-refractivity contribution in [2.24, 2.45) is 5.92 Å². The number of rotatable bonds is 8. The average molecular weight is 539 g/mol. The Hall–Kier alpha value is -4.24. The third-order valence-electron chi connectivity index (χ3n) is 7.25. The van der Waals surface area contributed by atoms with Gasteiger partial charge in [-0.3, -0.25) is 14.0 Å². The number of ether oxygens (including phenoxy) is 1. The molecule has 4 aromatic rings. The van der Waals surface area contributed by atoms with Crippen LogP contribution < -0.4 is 10.6 Å². The van der Waals surface area contributed by atoms with Crippen molar-refractivity contribution >= 4 is 23.3 Å². The summed E-state index contributed by atoms with van der Waals surface area (Å²) in [5.74, 6) is 1.12. The Bertz CT molecular complexity index is 1520. The van der Waals surface area contributed by atoms with Gasteiger partial charge in [-0.2, -0.15) is 0 Å². The van der Waals surface area contributed by atoms with E-state index in [0.29, 0.717) is 55.2 Å². The van der Waals surface area contributed by atoms with Crippen LogP contribution in [-0.2, 0) is 4.74 Å². The molecule has 1 saturated carbocycles. The van der Waals surface area contributed by atoms with Crippen molar-refractivity contribution in [3.63, 3.8) is 0 Å². The number of carbonyl (C=O) groups is 2. The molecule has 1 aliphatic carbocycles. The molecule has 6 rings (SSSR count). The summed E-state index contributed by atoms with van der Waals surface area (Å²) in [6, 6.07) is 15.6. The van der Waals surface area contributed by atoms with Crippen LogP contribution in [0.2, 0.25) is 0 Å². The van der Waals surface area contributed by atoms with Gasteiger partial charge in [-0.25, -0.2) is 9.97 Å². The number of amides is 2. The van der Waals surface area contributed by atoms with Crippen molar-refractivity contribution in [3.8, 4) is 22.5 Å². The highest BCUT2D eigenvalue weighted by molar-refractivity contribution is 5.95. The SMILES string of the molecule is CC(C)CNc1nc(-c2ccc(C(=O)N3CCOCC3)cc2)cn2c(-c3ccc(C(=O)NC4CC4)cc3)cnc12. The fraction of sp³-hybridized carbons (Fsp3) is 0.355. The van der Waals surface area contributed by atoms with Crippen molar-refractivity contribution in [1.29, 1.82) is 0 Å². The van der Waals surface area contributed by atoms with Crippen LogP contribution in [0, 0.1) is 5.92 Å². The van der Waals surface area contributed by atoms with Gasteiger partial charge < -0.3 is 20.3 Å². The van der Waals surface area contributed by atoms with Crippen molar-refractivity contribution in [2.45, 2.75) is 32.7 Å². The number of imidazole rings is 1. The van der Waals surface area contributed by atoms with Gasteiger partial charge in [-0.05, 0) is 43.0 Å². The summed E-state index contributed by atoms with van der Waals surface area (Å²) >= 11 is 0. The van der Waals surface area contributed by atoms with E-state index in [1.54, 1.807) is 0 Å². The van der Waals surface area contributed by atoms with Gasteiger partial charge in [0, 0.05) is 54.1 Å². The standard InChI is InChI=1S/C31H34N6O3/c1-20(2)17-32-28-29-33-18-27(22-5-7-23(8-6-22)30(38)34-25-11-12-25)37(29)19-26(35-28)21-3-9-24(10-4-21)31(39)36-13-15-40-16-14-36/h3-10,18-20,25H,11-17H2,1-2H3,(H,32,35)(H,34,38). The van der Waals surface area contributed by atoms with E-state index in [0.717, 1.165) is 47.5 Å². The first-order chi connectivity index (χ1) is 19.5. The molecule has 9 heteroatoms. The Morgan fingerprint density at radius 1 is 0.975 bits per heavy atom. The van der Waals surface area contributed by atoms with Crippen LogP contribution in [0.5, 0.6) is 0 Å². The van der Waals surface area contributed by atoms with E-state index in [2.05, 4.69) is 24.5 Å². The van der Waals surface area contributed by atoms with Crippen molar-refractivity contribution in [3.05, 3.63) is 72.1 Å². The Morgan fingerprint density at radius 3 is 2.33 bits per heavy atom. The molecule has 1 aliphatic heterocycles. The van der Waals surface area contributed by atoms with Gasteiger partial charge in [-0.15, -0.1) is 0 Å². The maximum absolute atomic E-state index is 12.9. The third-order valence-corrected chi connectivity index (χ3v) is 7.25. The predicted octanol–water partition coefficient (Wildman–Crippen LogP) is 4.50. The Labute approximate surface area is 233 Å². The van der Waals surface area contributed by atoms with Crippen molar-refractivity contribution in [1.82, 2.24) is 24.6 Å². The minimum Gasteiger partial charge on any atom is -0.378 e. The number of benzene rings is 2. The van der Waals surface area contributed by atoms with Crippen LogP contribution in [0.4, 0.5) is 5.82 Å². The maximum Gasteiger partial charge on any atom is 0.254 e. The van der Waals surface area contributed by atoms with Gasteiger partial charge >= 0.3 is 0 Å². The van der Waals surface area contributed by atoms with Gasteiger partial charge in [-0.1, -0.05) is 38.1 Å². The van der Waals surface area contributed by atoms with Crippen LogP contribution in [0.15, 0.2) is 60.9 Å². The molecule has 0 spiro atoms. The highest BCUT2D eigenvalue weighted by Gasteiger charge is 2.24. The number of carbonyl (C=O) groups excluding carboxylic acids is 2. The zero-order valence-electron chi connectivity index (χ0n) is 22.9. The quantitative estimate of drug-likeness (QED) is 0.343. The molecular weight excluding hydrogens is 504 g/mol. The molecule has 2 aliphatic rings. The summed E-state index contributed by atoms with van der Waals surface area (Å²) in [5, 5.41) is 6.50. The molecule has 2 fully saturated rings. The molecule has 2 amide bonds. The summed E-state index contributed by atoms with van der Waals surface area (Å²) in [4.78, 5) is 36.8. The van der Waals surface area contributed by atoms with E-state index in [-0.39, 0.29) is 11.8 Å². The lowest BCUT2D eigenvalue weighted by atomic mass is 10.1. The Kier molecular flexibility index (Phi) is 7.21. The average Bonchev–Trinajstić information content (AvgIpc) is 3.70. The lowest BCUT2D eigenvalue weighted by Crippen LogP contribution is -2.40. The summed E-state index contributed by atoms with van der Waals surface area (Å²) in [6.07, 6.45) is 5.93. The number of morpholine rings is 1. The number of hydrogen-bond donors (Lipinski definition) is 2. The molecule has 9 nitrogen and oxygen atoms in total. The molecule has 2 aromatic carbocycles. The number of fused-ring (bicyclic) bond motifs is 1. The summed E-state index contributed by atoms with van der Waals surface area (Å²) in [7, 11) is 0. The van der Waals surface area contributed by atoms with Crippen LogP contribution in [0.25, 0.3) is 28.2 Å². The number of anilines is 1. The molecule has 2 aromatic heterocycles. The minimum atomic E-state index is -0.0330. The Balaban J connectivity index is 1.32. The van der Waals surface area contributed by atoms with E-state index in [9.17, 15) is 9.59 Å². The summed E-state index contributed by atoms with van der Waals surface area (Å²) in [6.45, 7) is 7.42. The number of aromatic nitrogens is 3. The summed E-state index contributed by atoms with van der Waals surface area (Å²) in [5.41, 5.74) is 5.56. The van der Waals surface area contributed by atoms with Gasteiger partial charge in [0.05, 0.1) is 30.8 Å². The molecule has 0 bridgehead atoms. The fourth-order valence-electron chi connectivity index (χ4n) is 4.78. The molecule has 1 saturated heterocycles. The monoisotopic (exact) mass is 538 g/mol. The molecule has 206 valence electrons. The first-order valence-electron chi connectivity index (χ1n) is 14.0. The highest BCUT2D eigenvalue weighted by atomic mass is 16.5. The lowest BCUT2D eigenvalue weighted by molar-refractivity contribution is 0.0303. The minimum absolute atomic E-state index is 0.0173. The van der Waals surface area contributed by atoms with Crippen LogP contribution in [0.1, 0.15) is 47.4 Å². The van der Waals surface area contributed by atoms with E-state index in [4.69, 9.17) is 14.7 Å². The van der Waals surface area contributed by atoms with E-state index >= 15 is 0 Å². The van der Waals surface area contributed by atoms with Crippen LogP contribution >= 0.6 is 0 Å². The molecule has 0 unspecified atom stereocenters. The van der Waals surface area contributed by atoms with Gasteiger partial charge in [0.2, 0.25) is 0 Å². The first-order valence-corrected chi connectivity index (χ1v) is 14.0. The molecule has 0 radical (unpaired) electrons. The normalized spacial score (nSPS) is 15.4. The van der Waals surface area contributed by atoms with E-state index in [1.165, 1.54) is 0 Å². The zero-order chi connectivity index (χ0) is 27.6. The predicted molar refractivity (Wildman–Crippen MR) is 154 cm³/mol. The van der Waals surface area contributed by atoms with Crippen molar-refractivity contribution < 1.29 is 14.3 Å². The number of nitrogens with zero attached hydrogens (tertiary/aromatic N) is 4. The molecule has 2 N–H and O–H groups in total. The third kappa shape index (κ3) is 5.56. The van der Waals surface area contributed by atoms with Crippen LogP contribution in [-0.4, -0.2) is 70.0 Å². The Morgan fingerprint density at radius 2 is 1.65 bits per heavy atom. The number of nitrogens with one attached hydrogen (secondary N) is 2. The van der Waals surface area contributed by atoms with Crippen molar-refractivity contribution in [2.75, 3.05) is 38.2 Å². The topological polar surface area (TPSA) is 101 Å². The largest absolute Gasteiger partial charge is 0.378 e. The lowest BCUT2D eigenvalue weighted by Gasteiger charge is -2.26. The molecule has 0 atom stereocenters. The molecule has 40 heavy (non-hydrogen) atoms. The fourth-order valence-corrected chi connectivity index (χ4v) is 4.78. The van der Waals surface area contributed by atoms with Gasteiger partial charge in [0.15, 0.2) is 11.5 Å². The second-order valence-corrected chi connectivity index (χ2v) is 10.9. The van der Waals surface area contributed by atoms with E-state index < -0.39 is 0 Å². The molecule has 3 heterocycles. The second kappa shape index (κ2) is 11.1. The smallest absolute Gasteiger partial charge is 0.254 e. The highest BCUT2D eigenvalue weighted by Crippen LogP contribution is 2.29. The van der Waals surface area contributed by atoms with Gasteiger partial charge in [0.1, 0.15) is 0 Å². The van der Waals surface area contributed by atoms with E-state index in [1.807, 2.05) is 70.2 Å².